The number of β-amino-alcohol motifs (C(OH)–C–C–N with tert-alkyl or cyclic N) is 1. The van der Waals surface area contributed by atoms with Crippen LogP contribution in [0.1, 0.15) is 12.0 Å². The zero-order chi connectivity index (χ0) is 12.3. The summed E-state index contributed by atoms with van der Waals surface area (Å²) in [6.45, 7) is 5.17. The first-order chi connectivity index (χ1) is 8.16. The molecule has 17 heavy (non-hydrogen) atoms. The number of rotatable bonds is 4. The molecule has 1 aromatic carbocycles. The molecule has 1 fully saturated rings. The molecule has 0 unspecified atom stereocenters. The first kappa shape index (κ1) is 12.5. The normalized spacial score (nSPS) is 20.7. The zero-order valence-electron chi connectivity index (χ0n) is 10.2. The van der Waals surface area contributed by atoms with Gasteiger partial charge in [0.05, 0.1) is 6.10 Å². The van der Waals surface area contributed by atoms with E-state index in [1.54, 1.807) is 0 Å². The van der Waals surface area contributed by atoms with Crippen molar-refractivity contribution in [1.82, 2.24) is 4.90 Å². The first-order valence-electron chi connectivity index (χ1n) is 6.05. The van der Waals surface area contributed by atoms with Crippen LogP contribution in [-0.2, 0) is 0 Å². The average molecular weight is 231 g/mol. The minimum atomic E-state index is -0.163. The summed E-state index contributed by atoms with van der Waals surface area (Å²) in [4.78, 5) is 2.21. The average Bonchev–Trinajstić information content (AvgIpc) is 2.70. The fourth-order valence-corrected chi connectivity index (χ4v) is 2.09. The Labute approximate surface area is 104 Å². The number of likely N-dealkylation sites (tertiary alicyclic amines) is 1. The Balaban J connectivity index is 1.80. The summed E-state index contributed by atoms with van der Waals surface area (Å²) in [6, 6.07) is 5.71. The lowest BCUT2D eigenvalue weighted by Crippen LogP contribution is -2.27. The van der Waals surface area contributed by atoms with Crippen molar-refractivity contribution < 1.29 is 9.84 Å². The summed E-state index contributed by atoms with van der Waals surface area (Å²) in [7, 11) is 5.81. The molecule has 1 aromatic rings. The maximum Gasteiger partial charge on any atom is 0.121 e. The fourth-order valence-electron chi connectivity index (χ4n) is 2.09. The van der Waals surface area contributed by atoms with Crippen molar-refractivity contribution in [3.63, 3.8) is 0 Å². The lowest BCUT2D eigenvalue weighted by atomic mass is 9.91. The molecule has 0 saturated carbocycles. The molecule has 90 valence electrons. The minimum absolute atomic E-state index is 0.163. The zero-order valence-corrected chi connectivity index (χ0v) is 10.2. The van der Waals surface area contributed by atoms with E-state index in [-0.39, 0.29) is 6.10 Å². The van der Waals surface area contributed by atoms with Crippen LogP contribution in [0.15, 0.2) is 18.2 Å². The Kier molecular flexibility index (Phi) is 4.08. The van der Waals surface area contributed by atoms with Crippen molar-refractivity contribution in [3.8, 4) is 5.75 Å². The van der Waals surface area contributed by atoms with Gasteiger partial charge < -0.3 is 9.84 Å². The van der Waals surface area contributed by atoms with E-state index in [1.807, 2.05) is 25.1 Å². The lowest BCUT2D eigenvalue weighted by Gasteiger charge is -2.16. The maximum absolute atomic E-state index is 9.40. The van der Waals surface area contributed by atoms with Gasteiger partial charge in [-0.25, -0.2) is 0 Å². The molecule has 1 heterocycles. The maximum atomic E-state index is 9.40. The summed E-state index contributed by atoms with van der Waals surface area (Å²) in [5, 5.41) is 9.40. The van der Waals surface area contributed by atoms with Crippen LogP contribution in [0, 0.1) is 6.92 Å². The molecule has 1 aliphatic rings. The van der Waals surface area contributed by atoms with E-state index in [1.165, 1.54) is 0 Å². The topological polar surface area (TPSA) is 32.7 Å². The molecule has 0 aromatic heterocycles. The molecule has 4 heteroatoms. The quantitative estimate of drug-likeness (QED) is 0.753. The molecule has 0 amide bonds. The highest BCUT2D eigenvalue weighted by molar-refractivity contribution is 6.33. The third kappa shape index (κ3) is 3.24. The van der Waals surface area contributed by atoms with E-state index >= 15 is 0 Å². The predicted octanol–water partition coefficient (Wildman–Crippen LogP) is 0.234. The molecule has 1 aliphatic heterocycles. The van der Waals surface area contributed by atoms with Crippen LogP contribution in [0.4, 0.5) is 0 Å². The first-order valence-corrected chi connectivity index (χ1v) is 6.05. The van der Waals surface area contributed by atoms with E-state index in [9.17, 15) is 5.11 Å². The molecule has 0 spiro atoms. The highest BCUT2D eigenvalue weighted by Gasteiger charge is 2.19. The molecule has 3 nitrogen and oxygen atoms in total. The molecular weight excluding hydrogens is 213 g/mol. The number of hydrogen-bond donors (Lipinski definition) is 1. The molecule has 1 atom stereocenters. The Hall–Kier alpha value is -0.995. The third-order valence-electron chi connectivity index (χ3n) is 3.24. The summed E-state index contributed by atoms with van der Waals surface area (Å²) in [5.41, 5.74) is 1.76. The second-order valence-corrected chi connectivity index (χ2v) is 4.56. The number of ether oxygens (including phenoxy) is 1. The van der Waals surface area contributed by atoms with E-state index in [4.69, 9.17) is 12.6 Å². The van der Waals surface area contributed by atoms with Crippen LogP contribution in [-0.4, -0.2) is 50.2 Å². The smallest absolute Gasteiger partial charge is 0.121 e. The molecule has 1 N–H and O–H groups in total. The summed E-state index contributed by atoms with van der Waals surface area (Å²) >= 11 is 0. The van der Waals surface area contributed by atoms with Gasteiger partial charge in [0.25, 0.3) is 0 Å². The molecule has 1 saturated heterocycles. The van der Waals surface area contributed by atoms with Gasteiger partial charge in [-0.15, -0.1) is 0 Å². The number of aliphatic hydroxyl groups excluding tert-OH is 1. The van der Waals surface area contributed by atoms with Crippen LogP contribution >= 0.6 is 0 Å². The van der Waals surface area contributed by atoms with Crippen molar-refractivity contribution in [2.24, 2.45) is 0 Å². The van der Waals surface area contributed by atoms with Crippen LogP contribution in [0.3, 0.4) is 0 Å². The van der Waals surface area contributed by atoms with E-state index in [0.29, 0.717) is 6.61 Å². The monoisotopic (exact) mass is 231 g/mol. The van der Waals surface area contributed by atoms with Crippen LogP contribution < -0.4 is 10.2 Å². The van der Waals surface area contributed by atoms with Crippen molar-refractivity contribution in [2.75, 3.05) is 26.2 Å². The van der Waals surface area contributed by atoms with Gasteiger partial charge in [0.2, 0.25) is 0 Å². The molecule has 0 bridgehead atoms. The van der Waals surface area contributed by atoms with E-state index < -0.39 is 0 Å². The standard InChI is InChI=1S/C13H18BNO2/c1-10-12(14)3-2-4-13(10)17-8-7-15-6-5-11(16)9-15/h2-4,11,16H,5-9H2,1H3/t11-/m0/s1. The highest BCUT2D eigenvalue weighted by Crippen LogP contribution is 2.14. The lowest BCUT2D eigenvalue weighted by molar-refractivity contribution is 0.167. The van der Waals surface area contributed by atoms with Gasteiger partial charge in [-0.05, 0) is 25.0 Å². The van der Waals surface area contributed by atoms with E-state index in [0.717, 1.165) is 42.8 Å². The minimum Gasteiger partial charge on any atom is -0.492 e. The Morgan fingerprint density at radius 2 is 2.35 bits per heavy atom. The summed E-state index contributed by atoms with van der Waals surface area (Å²) in [6.07, 6.45) is 0.709. The van der Waals surface area contributed by atoms with Crippen molar-refractivity contribution in [3.05, 3.63) is 23.8 Å². The molecule has 0 aliphatic carbocycles. The Bertz CT molecular complexity index is 384. The molecule has 2 rings (SSSR count). The molecular formula is C13H18BNO2. The SMILES string of the molecule is [B]c1cccc(OCCN2CC[C@H](O)C2)c1C. The Morgan fingerprint density at radius 3 is 3.06 bits per heavy atom. The van der Waals surface area contributed by atoms with Crippen LogP contribution in [0.2, 0.25) is 0 Å². The largest absolute Gasteiger partial charge is 0.492 e. The highest BCUT2D eigenvalue weighted by atomic mass is 16.5. The number of nitrogens with zero attached hydrogens (tertiary/aromatic N) is 1. The van der Waals surface area contributed by atoms with Gasteiger partial charge in [0, 0.05) is 19.6 Å². The predicted molar refractivity (Wildman–Crippen MR) is 69.1 cm³/mol. The van der Waals surface area contributed by atoms with Gasteiger partial charge in [0.1, 0.15) is 20.2 Å². The number of aliphatic hydroxyl groups is 1. The molecule has 2 radical (unpaired) electrons. The Morgan fingerprint density at radius 1 is 1.53 bits per heavy atom. The van der Waals surface area contributed by atoms with Gasteiger partial charge in [0.15, 0.2) is 0 Å². The van der Waals surface area contributed by atoms with Crippen molar-refractivity contribution in [1.29, 1.82) is 0 Å². The van der Waals surface area contributed by atoms with Crippen molar-refractivity contribution in [2.45, 2.75) is 19.4 Å². The summed E-state index contributed by atoms with van der Waals surface area (Å²) < 4.78 is 5.71. The summed E-state index contributed by atoms with van der Waals surface area (Å²) in [5.74, 6) is 0.852. The number of hydrogen-bond acceptors (Lipinski definition) is 3. The van der Waals surface area contributed by atoms with E-state index in [2.05, 4.69) is 4.90 Å². The van der Waals surface area contributed by atoms with Gasteiger partial charge >= 0.3 is 0 Å². The second-order valence-electron chi connectivity index (χ2n) is 4.56. The fraction of sp³-hybridized carbons (Fsp3) is 0.538. The van der Waals surface area contributed by atoms with Crippen LogP contribution in [0.5, 0.6) is 5.75 Å². The van der Waals surface area contributed by atoms with Crippen LogP contribution in [0.25, 0.3) is 0 Å². The van der Waals surface area contributed by atoms with Gasteiger partial charge in [-0.3, -0.25) is 4.90 Å². The van der Waals surface area contributed by atoms with Gasteiger partial charge in [-0.1, -0.05) is 17.6 Å². The van der Waals surface area contributed by atoms with Crippen molar-refractivity contribution >= 4 is 13.3 Å². The van der Waals surface area contributed by atoms with Gasteiger partial charge in [-0.2, -0.15) is 0 Å². The number of benzene rings is 1. The second kappa shape index (κ2) is 5.56. The third-order valence-corrected chi connectivity index (χ3v) is 3.24.